The van der Waals surface area contributed by atoms with Crippen LogP contribution in [0.3, 0.4) is 0 Å². The van der Waals surface area contributed by atoms with Crippen LogP contribution in [-0.2, 0) is 9.53 Å². The number of unbranched alkanes of at least 4 members (excludes halogenated alkanes) is 1. The molecule has 0 N–H and O–H groups in total. The van der Waals surface area contributed by atoms with Crippen LogP contribution in [-0.4, -0.2) is 39.8 Å². The average Bonchev–Trinajstić information content (AvgIpc) is 3.67. The first-order valence-corrected chi connectivity index (χ1v) is 17.8. The van der Waals surface area contributed by atoms with Crippen LogP contribution in [0.4, 0.5) is 0 Å². The predicted octanol–water partition coefficient (Wildman–Crippen LogP) is 6.72. The number of carbonyl (C=O) groups excluding carboxylic acids is 1. The van der Waals surface area contributed by atoms with Crippen LogP contribution in [0.25, 0.3) is 23.0 Å². The summed E-state index contributed by atoms with van der Waals surface area (Å²) in [4.78, 5) is 34.1. The Morgan fingerprint density at radius 3 is 2.50 bits per heavy atom. The van der Waals surface area contributed by atoms with Gasteiger partial charge in [-0.25, -0.2) is 14.5 Å². The molecule has 0 amide bonds. The highest BCUT2D eigenvalue weighted by molar-refractivity contribution is 7.98. The highest BCUT2D eigenvalue weighted by Gasteiger charge is 2.33. The third-order valence-corrected chi connectivity index (χ3v) is 9.68. The van der Waals surface area contributed by atoms with Crippen LogP contribution in [0.2, 0.25) is 0 Å². The lowest BCUT2D eigenvalue weighted by Crippen LogP contribution is -2.39. The van der Waals surface area contributed by atoms with Crippen molar-refractivity contribution in [2.45, 2.75) is 37.6 Å². The topological polar surface area (TPSA) is 87.7 Å². The summed E-state index contributed by atoms with van der Waals surface area (Å²) in [6.45, 7) is 8.30. The number of thioether (sulfide) groups is 1. The number of nitrogens with zero attached hydrogens (tertiary/aromatic N) is 4. The van der Waals surface area contributed by atoms with Gasteiger partial charge in [-0.2, -0.15) is 5.10 Å². The molecular formula is C38H36N4O4S2. The SMILES string of the molecule is C=CCOC(=O)C1=C(C)N=c2sc(=Cc3cn(-c4ccccc4)nc3-c3ccc(OCCCC)cc3)c(=O)n2C1c1ccc(SC)cc1. The molecule has 0 saturated carbocycles. The zero-order valence-electron chi connectivity index (χ0n) is 27.1. The van der Waals surface area contributed by atoms with Crippen molar-refractivity contribution in [3.05, 3.63) is 140 Å². The fourth-order valence-electron chi connectivity index (χ4n) is 5.51. The summed E-state index contributed by atoms with van der Waals surface area (Å²) in [5, 5.41) is 4.96. The average molecular weight is 677 g/mol. The van der Waals surface area contributed by atoms with E-state index in [1.165, 1.54) is 17.4 Å². The number of ether oxygens (including phenoxy) is 2. The maximum atomic E-state index is 14.4. The van der Waals surface area contributed by atoms with Gasteiger partial charge in [0.25, 0.3) is 5.56 Å². The molecule has 2 aromatic heterocycles. The number of aromatic nitrogens is 3. The number of fused-ring (bicyclic) bond motifs is 1. The molecule has 0 fully saturated rings. The molecule has 5 aromatic rings. The molecule has 6 rings (SSSR count). The van der Waals surface area contributed by atoms with Gasteiger partial charge in [0, 0.05) is 22.2 Å². The molecule has 3 heterocycles. The Balaban J connectivity index is 1.49. The molecule has 1 aliphatic rings. The predicted molar refractivity (Wildman–Crippen MR) is 193 cm³/mol. The minimum absolute atomic E-state index is 0.0538. The quantitative estimate of drug-likeness (QED) is 0.0632. The van der Waals surface area contributed by atoms with Crippen molar-refractivity contribution in [3.8, 4) is 22.7 Å². The van der Waals surface area contributed by atoms with E-state index in [0.717, 1.165) is 51.6 Å². The van der Waals surface area contributed by atoms with Crippen molar-refractivity contribution in [2.24, 2.45) is 4.99 Å². The van der Waals surface area contributed by atoms with E-state index in [1.54, 1.807) is 23.3 Å². The number of thiazole rings is 1. The summed E-state index contributed by atoms with van der Waals surface area (Å²) >= 11 is 2.91. The van der Waals surface area contributed by atoms with Crippen LogP contribution in [0.1, 0.15) is 43.9 Å². The second kappa shape index (κ2) is 14.9. The number of hydrogen-bond donors (Lipinski definition) is 0. The second-order valence-electron chi connectivity index (χ2n) is 11.2. The zero-order chi connectivity index (χ0) is 33.6. The molecule has 244 valence electrons. The number of esters is 1. The molecule has 0 bridgehead atoms. The molecule has 0 saturated heterocycles. The third-order valence-electron chi connectivity index (χ3n) is 7.95. The number of benzene rings is 3. The molecule has 3 aromatic carbocycles. The van der Waals surface area contributed by atoms with E-state index in [-0.39, 0.29) is 12.2 Å². The summed E-state index contributed by atoms with van der Waals surface area (Å²) in [6.07, 6.45) is 9.37. The van der Waals surface area contributed by atoms with Crippen molar-refractivity contribution >= 4 is 35.1 Å². The molecule has 10 heteroatoms. The molecule has 1 unspecified atom stereocenters. The van der Waals surface area contributed by atoms with E-state index in [0.29, 0.717) is 27.2 Å². The number of para-hydroxylation sites is 1. The maximum absolute atomic E-state index is 14.4. The standard InChI is InChI=1S/C38H36N4O4S2/c1-5-7-22-45-30-17-13-26(14-18-30)34-28(24-41(40-34)29-11-9-8-10-12-29)23-32-36(43)42-35(27-15-19-31(47-4)20-16-27)33(37(44)46-21-6-2)25(3)39-38(42)48-32/h6,8-20,23-24,35H,2,5,7,21-22H2,1,3-4H3. The zero-order valence-corrected chi connectivity index (χ0v) is 28.7. The van der Waals surface area contributed by atoms with Gasteiger partial charge in [-0.15, -0.1) is 11.8 Å². The van der Waals surface area contributed by atoms with Crippen molar-refractivity contribution < 1.29 is 14.3 Å². The first-order valence-electron chi connectivity index (χ1n) is 15.7. The minimum atomic E-state index is -0.705. The Bertz CT molecular complexity index is 2150. The van der Waals surface area contributed by atoms with Gasteiger partial charge in [-0.1, -0.05) is 67.7 Å². The first-order chi connectivity index (χ1) is 23.4. The van der Waals surface area contributed by atoms with Crippen LogP contribution >= 0.6 is 23.1 Å². The molecule has 8 nitrogen and oxygen atoms in total. The van der Waals surface area contributed by atoms with Gasteiger partial charge in [-0.3, -0.25) is 9.36 Å². The van der Waals surface area contributed by atoms with E-state index < -0.39 is 12.0 Å². The van der Waals surface area contributed by atoms with Gasteiger partial charge in [0.2, 0.25) is 0 Å². The lowest BCUT2D eigenvalue weighted by molar-refractivity contribution is -0.138. The monoisotopic (exact) mass is 676 g/mol. The van der Waals surface area contributed by atoms with Crippen molar-refractivity contribution in [2.75, 3.05) is 19.5 Å². The Hall–Kier alpha value is -4.93. The smallest absolute Gasteiger partial charge is 0.338 e. The van der Waals surface area contributed by atoms with E-state index >= 15 is 0 Å². The van der Waals surface area contributed by atoms with E-state index in [4.69, 9.17) is 19.6 Å². The van der Waals surface area contributed by atoms with Crippen molar-refractivity contribution in [1.82, 2.24) is 14.3 Å². The summed E-state index contributed by atoms with van der Waals surface area (Å²) in [7, 11) is 0. The third kappa shape index (κ3) is 6.86. The summed E-state index contributed by atoms with van der Waals surface area (Å²) < 4.78 is 15.3. The second-order valence-corrected chi connectivity index (χ2v) is 13.1. The summed E-state index contributed by atoms with van der Waals surface area (Å²) in [5.41, 5.74) is 4.65. The van der Waals surface area contributed by atoms with Crippen molar-refractivity contribution in [3.63, 3.8) is 0 Å². The van der Waals surface area contributed by atoms with Gasteiger partial charge in [0.15, 0.2) is 4.80 Å². The van der Waals surface area contributed by atoms with Crippen LogP contribution in [0.15, 0.2) is 124 Å². The van der Waals surface area contributed by atoms with Gasteiger partial charge < -0.3 is 9.47 Å². The number of carbonyl (C=O) groups is 1. The molecule has 0 radical (unpaired) electrons. The Morgan fingerprint density at radius 1 is 1.06 bits per heavy atom. The fourth-order valence-corrected chi connectivity index (χ4v) is 6.96. The van der Waals surface area contributed by atoms with Crippen LogP contribution in [0.5, 0.6) is 5.75 Å². The normalized spacial score (nSPS) is 14.4. The van der Waals surface area contributed by atoms with Crippen LogP contribution < -0.4 is 19.6 Å². The highest BCUT2D eigenvalue weighted by atomic mass is 32.2. The molecular weight excluding hydrogens is 641 g/mol. The van der Waals surface area contributed by atoms with Gasteiger partial charge in [0.1, 0.15) is 18.1 Å². The highest BCUT2D eigenvalue weighted by Crippen LogP contribution is 2.32. The molecule has 1 aliphatic heterocycles. The molecule has 0 spiro atoms. The summed E-state index contributed by atoms with van der Waals surface area (Å²) in [5.74, 6) is 0.269. The Kier molecular flexibility index (Phi) is 10.2. The van der Waals surface area contributed by atoms with Crippen molar-refractivity contribution in [1.29, 1.82) is 0 Å². The Morgan fingerprint density at radius 2 is 1.81 bits per heavy atom. The van der Waals surface area contributed by atoms with Gasteiger partial charge in [0.05, 0.1) is 34.1 Å². The van der Waals surface area contributed by atoms with E-state index in [9.17, 15) is 9.59 Å². The summed E-state index contributed by atoms with van der Waals surface area (Å²) in [6, 6.07) is 24.9. The number of hydrogen-bond acceptors (Lipinski definition) is 8. The lowest BCUT2D eigenvalue weighted by atomic mass is 9.96. The molecule has 0 aliphatic carbocycles. The Labute approximate surface area is 287 Å². The number of allylic oxidation sites excluding steroid dienone is 1. The van der Waals surface area contributed by atoms with Crippen LogP contribution in [0, 0.1) is 0 Å². The minimum Gasteiger partial charge on any atom is -0.494 e. The molecule has 48 heavy (non-hydrogen) atoms. The largest absolute Gasteiger partial charge is 0.494 e. The fraction of sp³-hybridized carbons (Fsp3) is 0.211. The lowest BCUT2D eigenvalue weighted by Gasteiger charge is -2.24. The van der Waals surface area contributed by atoms with E-state index in [2.05, 4.69) is 13.5 Å². The first kappa shape index (κ1) is 33.0. The van der Waals surface area contributed by atoms with E-state index in [1.807, 2.05) is 102 Å². The molecule has 1 atom stereocenters. The maximum Gasteiger partial charge on any atom is 0.338 e. The van der Waals surface area contributed by atoms with Gasteiger partial charge >= 0.3 is 5.97 Å². The van der Waals surface area contributed by atoms with Gasteiger partial charge in [-0.05, 0) is 79.8 Å². The number of rotatable bonds is 12.